The smallest absolute Gasteiger partial charge is 0.252 e. The second kappa shape index (κ2) is 7.11. The molecule has 0 aliphatic rings. The van der Waals surface area contributed by atoms with E-state index in [1.54, 1.807) is 55.6 Å². The van der Waals surface area contributed by atoms with E-state index >= 15 is 0 Å². The van der Waals surface area contributed by atoms with E-state index in [0.717, 1.165) is 0 Å². The van der Waals surface area contributed by atoms with Gasteiger partial charge in [0, 0.05) is 6.54 Å². The SMILES string of the molecule is COc1ccc(C(O)CNC(=O)c2ccccc2Cl)cc1. The van der Waals surface area contributed by atoms with E-state index in [9.17, 15) is 9.90 Å². The number of carbonyl (C=O) groups excluding carboxylic acids is 1. The second-order valence-corrected chi connectivity index (χ2v) is 4.89. The number of aliphatic hydroxyl groups is 1. The number of rotatable bonds is 5. The number of hydrogen-bond donors (Lipinski definition) is 2. The molecule has 0 saturated heterocycles. The molecule has 2 aromatic rings. The summed E-state index contributed by atoms with van der Waals surface area (Å²) in [7, 11) is 1.58. The van der Waals surface area contributed by atoms with Crippen molar-refractivity contribution >= 4 is 17.5 Å². The number of benzene rings is 2. The van der Waals surface area contributed by atoms with Gasteiger partial charge in [-0.3, -0.25) is 4.79 Å². The molecule has 2 N–H and O–H groups in total. The van der Waals surface area contributed by atoms with Crippen molar-refractivity contribution in [1.82, 2.24) is 5.32 Å². The average Bonchev–Trinajstić information content (AvgIpc) is 2.52. The second-order valence-electron chi connectivity index (χ2n) is 4.48. The van der Waals surface area contributed by atoms with Crippen LogP contribution in [-0.2, 0) is 0 Å². The third kappa shape index (κ3) is 3.97. The molecule has 0 aromatic heterocycles. The minimum absolute atomic E-state index is 0.108. The van der Waals surface area contributed by atoms with Gasteiger partial charge in [-0.15, -0.1) is 0 Å². The van der Waals surface area contributed by atoms with Crippen LogP contribution in [0.1, 0.15) is 22.0 Å². The maximum Gasteiger partial charge on any atom is 0.252 e. The van der Waals surface area contributed by atoms with E-state index in [-0.39, 0.29) is 12.5 Å². The van der Waals surface area contributed by atoms with Crippen molar-refractivity contribution in [2.24, 2.45) is 0 Å². The zero-order valence-electron chi connectivity index (χ0n) is 11.5. The summed E-state index contributed by atoms with van der Waals surface area (Å²) in [5.74, 6) is 0.402. The molecule has 0 heterocycles. The molecule has 0 radical (unpaired) electrons. The van der Waals surface area contributed by atoms with Gasteiger partial charge >= 0.3 is 0 Å². The zero-order valence-corrected chi connectivity index (χ0v) is 12.3. The molecule has 0 aliphatic heterocycles. The van der Waals surface area contributed by atoms with E-state index in [0.29, 0.717) is 21.9 Å². The predicted molar refractivity (Wildman–Crippen MR) is 81.7 cm³/mol. The number of nitrogens with one attached hydrogen (secondary N) is 1. The maximum atomic E-state index is 12.0. The van der Waals surface area contributed by atoms with Gasteiger partial charge in [-0.2, -0.15) is 0 Å². The van der Waals surface area contributed by atoms with Gasteiger partial charge in [0.25, 0.3) is 5.91 Å². The van der Waals surface area contributed by atoms with Crippen molar-refractivity contribution < 1.29 is 14.6 Å². The molecule has 2 rings (SSSR count). The van der Waals surface area contributed by atoms with E-state index in [2.05, 4.69) is 5.32 Å². The van der Waals surface area contributed by atoms with Gasteiger partial charge in [-0.05, 0) is 29.8 Å². The maximum absolute atomic E-state index is 12.0. The number of carbonyl (C=O) groups is 1. The fourth-order valence-corrected chi connectivity index (χ4v) is 2.10. The van der Waals surface area contributed by atoms with Gasteiger partial charge in [0.2, 0.25) is 0 Å². The van der Waals surface area contributed by atoms with Crippen molar-refractivity contribution in [2.75, 3.05) is 13.7 Å². The highest BCUT2D eigenvalue weighted by molar-refractivity contribution is 6.33. The van der Waals surface area contributed by atoms with Gasteiger partial charge in [0.05, 0.1) is 23.8 Å². The summed E-state index contributed by atoms with van der Waals surface area (Å²) in [6.45, 7) is 0.108. The Labute approximate surface area is 128 Å². The third-order valence-electron chi connectivity index (χ3n) is 3.08. The average molecular weight is 306 g/mol. The minimum atomic E-state index is -0.789. The highest BCUT2D eigenvalue weighted by Crippen LogP contribution is 2.18. The monoisotopic (exact) mass is 305 g/mol. The zero-order chi connectivity index (χ0) is 15.2. The minimum Gasteiger partial charge on any atom is -0.497 e. The van der Waals surface area contributed by atoms with E-state index < -0.39 is 6.10 Å². The van der Waals surface area contributed by atoms with Gasteiger partial charge in [-0.25, -0.2) is 0 Å². The molecule has 0 fully saturated rings. The number of amides is 1. The number of aliphatic hydroxyl groups excluding tert-OH is 1. The Morgan fingerprint density at radius 3 is 2.52 bits per heavy atom. The van der Waals surface area contributed by atoms with E-state index in [1.807, 2.05) is 0 Å². The molecular formula is C16H16ClNO3. The first-order chi connectivity index (χ1) is 10.1. The summed E-state index contributed by atoms with van der Waals surface area (Å²) in [5, 5.41) is 13.1. The largest absolute Gasteiger partial charge is 0.497 e. The summed E-state index contributed by atoms with van der Waals surface area (Å²) in [6, 6.07) is 13.8. The molecule has 0 spiro atoms. The molecule has 5 heteroatoms. The fourth-order valence-electron chi connectivity index (χ4n) is 1.87. The summed E-state index contributed by atoms with van der Waals surface area (Å²) in [6.07, 6.45) is -0.789. The first kappa shape index (κ1) is 15.4. The van der Waals surface area contributed by atoms with Crippen molar-refractivity contribution in [3.05, 3.63) is 64.7 Å². The van der Waals surface area contributed by atoms with Crippen molar-refractivity contribution in [3.8, 4) is 5.75 Å². The molecule has 0 aliphatic carbocycles. The summed E-state index contributed by atoms with van der Waals surface area (Å²) < 4.78 is 5.05. The van der Waals surface area contributed by atoms with E-state index in [1.165, 1.54) is 0 Å². The van der Waals surface area contributed by atoms with Crippen molar-refractivity contribution in [3.63, 3.8) is 0 Å². The standard InChI is InChI=1S/C16H16ClNO3/c1-21-12-8-6-11(7-9-12)15(19)10-18-16(20)13-4-2-3-5-14(13)17/h2-9,15,19H,10H2,1H3,(H,18,20). The Kier molecular flexibility index (Phi) is 5.20. The van der Waals surface area contributed by atoms with Crippen LogP contribution in [0.4, 0.5) is 0 Å². The van der Waals surface area contributed by atoms with E-state index in [4.69, 9.17) is 16.3 Å². The lowest BCUT2D eigenvalue weighted by atomic mass is 10.1. The lowest BCUT2D eigenvalue weighted by Crippen LogP contribution is -2.28. The Morgan fingerprint density at radius 1 is 1.24 bits per heavy atom. The number of halogens is 1. The lowest BCUT2D eigenvalue weighted by Gasteiger charge is -2.13. The van der Waals surface area contributed by atoms with Gasteiger partial charge < -0.3 is 15.2 Å². The van der Waals surface area contributed by atoms with Gasteiger partial charge in [-0.1, -0.05) is 35.9 Å². The molecule has 1 amide bonds. The number of hydrogen-bond acceptors (Lipinski definition) is 3. The highest BCUT2D eigenvalue weighted by atomic mass is 35.5. The number of methoxy groups -OCH3 is 1. The number of ether oxygens (including phenoxy) is 1. The molecule has 1 atom stereocenters. The Hall–Kier alpha value is -2.04. The Balaban J connectivity index is 1.95. The predicted octanol–water partition coefficient (Wildman–Crippen LogP) is 2.81. The van der Waals surface area contributed by atoms with Crippen LogP contribution in [0, 0.1) is 0 Å². The lowest BCUT2D eigenvalue weighted by molar-refractivity contribution is 0.0916. The first-order valence-electron chi connectivity index (χ1n) is 6.46. The normalized spacial score (nSPS) is 11.8. The molecule has 0 bridgehead atoms. The topological polar surface area (TPSA) is 58.6 Å². The Bertz CT molecular complexity index is 613. The molecule has 0 saturated carbocycles. The fraction of sp³-hybridized carbons (Fsp3) is 0.188. The third-order valence-corrected chi connectivity index (χ3v) is 3.40. The van der Waals surface area contributed by atoms with Crippen molar-refractivity contribution in [1.29, 1.82) is 0 Å². The van der Waals surface area contributed by atoms with Crippen LogP contribution in [0.15, 0.2) is 48.5 Å². The summed E-state index contributed by atoms with van der Waals surface area (Å²) in [4.78, 5) is 12.0. The molecule has 21 heavy (non-hydrogen) atoms. The van der Waals surface area contributed by atoms with Crippen LogP contribution in [0.25, 0.3) is 0 Å². The van der Waals surface area contributed by atoms with Crippen LogP contribution in [-0.4, -0.2) is 24.7 Å². The molecule has 4 nitrogen and oxygen atoms in total. The molecular weight excluding hydrogens is 290 g/mol. The summed E-state index contributed by atoms with van der Waals surface area (Å²) >= 11 is 5.95. The summed E-state index contributed by atoms with van der Waals surface area (Å²) in [5.41, 5.74) is 1.09. The highest BCUT2D eigenvalue weighted by Gasteiger charge is 2.12. The van der Waals surface area contributed by atoms with Crippen LogP contribution in [0.3, 0.4) is 0 Å². The van der Waals surface area contributed by atoms with Crippen LogP contribution >= 0.6 is 11.6 Å². The van der Waals surface area contributed by atoms with Gasteiger partial charge in [0.1, 0.15) is 5.75 Å². The van der Waals surface area contributed by atoms with Crippen LogP contribution in [0.5, 0.6) is 5.75 Å². The molecule has 2 aromatic carbocycles. The Morgan fingerprint density at radius 2 is 1.90 bits per heavy atom. The van der Waals surface area contributed by atoms with Gasteiger partial charge in [0.15, 0.2) is 0 Å². The van der Waals surface area contributed by atoms with Crippen LogP contribution in [0.2, 0.25) is 5.02 Å². The van der Waals surface area contributed by atoms with Crippen molar-refractivity contribution in [2.45, 2.75) is 6.10 Å². The quantitative estimate of drug-likeness (QED) is 0.893. The molecule has 1 unspecified atom stereocenters. The molecule has 110 valence electrons. The van der Waals surface area contributed by atoms with Crippen LogP contribution < -0.4 is 10.1 Å². The first-order valence-corrected chi connectivity index (χ1v) is 6.84.